The number of rotatable bonds is 3. The summed E-state index contributed by atoms with van der Waals surface area (Å²) in [5, 5.41) is 9.72. The molecule has 2 aromatic carbocycles. The summed E-state index contributed by atoms with van der Waals surface area (Å²) in [6, 6.07) is 16.3. The first-order valence-corrected chi connectivity index (χ1v) is 8.79. The fourth-order valence-corrected chi connectivity index (χ4v) is 4.87. The molecule has 2 nitrogen and oxygen atoms in total. The van der Waals surface area contributed by atoms with Crippen molar-refractivity contribution in [1.82, 2.24) is 0 Å². The van der Waals surface area contributed by atoms with Crippen LogP contribution < -0.4 is 4.74 Å². The molecule has 1 N–H and O–H groups in total. The van der Waals surface area contributed by atoms with E-state index in [4.69, 9.17) is 4.74 Å². The third-order valence-electron chi connectivity index (χ3n) is 5.44. The monoisotopic (exact) mass is 324 g/mol. The molecule has 2 unspecified atom stereocenters. The molecule has 24 heavy (non-hydrogen) atoms. The first-order valence-electron chi connectivity index (χ1n) is 8.79. The van der Waals surface area contributed by atoms with Crippen molar-refractivity contribution in [2.24, 2.45) is 11.3 Å². The van der Waals surface area contributed by atoms with E-state index in [2.05, 4.69) is 57.2 Å². The van der Waals surface area contributed by atoms with Crippen LogP contribution in [0.1, 0.15) is 51.2 Å². The van der Waals surface area contributed by atoms with E-state index < -0.39 is 0 Å². The van der Waals surface area contributed by atoms with Crippen molar-refractivity contribution in [1.29, 1.82) is 0 Å². The zero-order valence-corrected chi connectivity index (χ0v) is 15.2. The van der Waals surface area contributed by atoms with Crippen molar-refractivity contribution in [2.75, 3.05) is 7.11 Å². The molecule has 3 rings (SSSR count). The summed E-state index contributed by atoms with van der Waals surface area (Å²) in [5.41, 5.74) is 2.91. The maximum Gasteiger partial charge on any atom is 0.118 e. The number of benzene rings is 2. The highest BCUT2D eigenvalue weighted by Gasteiger charge is 2.45. The van der Waals surface area contributed by atoms with Gasteiger partial charge in [0.15, 0.2) is 0 Å². The Morgan fingerprint density at radius 2 is 1.46 bits per heavy atom. The van der Waals surface area contributed by atoms with Crippen molar-refractivity contribution < 1.29 is 9.84 Å². The molecule has 0 aromatic heterocycles. The lowest BCUT2D eigenvalue weighted by Crippen LogP contribution is -2.41. The zero-order valence-electron chi connectivity index (χ0n) is 15.2. The van der Waals surface area contributed by atoms with Gasteiger partial charge in [-0.15, -0.1) is 0 Å². The van der Waals surface area contributed by atoms with Crippen LogP contribution in [0.3, 0.4) is 0 Å². The van der Waals surface area contributed by atoms with Gasteiger partial charge in [-0.1, -0.05) is 45.0 Å². The lowest BCUT2D eigenvalue weighted by Gasteiger charge is -2.48. The van der Waals surface area contributed by atoms with Crippen LogP contribution in [0.4, 0.5) is 0 Å². The first kappa shape index (κ1) is 16.9. The number of ether oxygens (including phenoxy) is 1. The van der Waals surface area contributed by atoms with Gasteiger partial charge in [0.2, 0.25) is 0 Å². The lowest BCUT2D eigenvalue weighted by atomic mass is 9.55. The van der Waals surface area contributed by atoms with Crippen LogP contribution in [0, 0.1) is 11.3 Å². The number of phenols is 1. The SMILES string of the molecule is COc1ccc(C2(c3ccc(O)cc3)CC(C)CC(C)(C)C2)cc1. The van der Waals surface area contributed by atoms with Gasteiger partial charge in [0.1, 0.15) is 11.5 Å². The summed E-state index contributed by atoms with van der Waals surface area (Å²) >= 11 is 0. The van der Waals surface area contributed by atoms with Gasteiger partial charge in [0.25, 0.3) is 0 Å². The Morgan fingerprint density at radius 3 is 1.96 bits per heavy atom. The predicted octanol–water partition coefficient (Wildman–Crippen LogP) is 5.53. The second kappa shape index (κ2) is 6.16. The molecule has 1 aliphatic carbocycles. The van der Waals surface area contributed by atoms with E-state index in [1.165, 1.54) is 17.5 Å². The third kappa shape index (κ3) is 3.15. The Labute approximate surface area is 145 Å². The van der Waals surface area contributed by atoms with Crippen molar-refractivity contribution >= 4 is 0 Å². The summed E-state index contributed by atoms with van der Waals surface area (Å²) in [7, 11) is 1.70. The fraction of sp³-hybridized carbons (Fsp3) is 0.455. The second-order valence-electron chi connectivity index (χ2n) is 8.21. The topological polar surface area (TPSA) is 29.5 Å². The fourth-order valence-electron chi connectivity index (χ4n) is 4.87. The molecule has 0 bridgehead atoms. The highest BCUT2D eigenvalue weighted by molar-refractivity contribution is 5.44. The van der Waals surface area contributed by atoms with Crippen molar-refractivity contribution in [3.8, 4) is 11.5 Å². The van der Waals surface area contributed by atoms with Crippen molar-refractivity contribution in [3.05, 3.63) is 59.7 Å². The molecule has 0 spiro atoms. The van der Waals surface area contributed by atoms with E-state index >= 15 is 0 Å². The van der Waals surface area contributed by atoms with Crippen LogP contribution in [0.5, 0.6) is 11.5 Å². The molecule has 128 valence electrons. The number of hydrogen-bond acceptors (Lipinski definition) is 2. The minimum absolute atomic E-state index is 0.0128. The maximum atomic E-state index is 9.72. The molecule has 2 heteroatoms. The molecule has 0 heterocycles. The van der Waals surface area contributed by atoms with Gasteiger partial charge < -0.3 is 9.84 Å². The Bertz CT molecular complexity index is 685. The Kier molecular flexibility index (Phi) is 4.33. The summed E-state index contributed by atoms with van der Waals surface area (Å²) in [6.07, 6.45) is 3.50. The summed E-state index contributed by atoms with van der Waals surface area (Å²) < 4.78 is 5.34. The average molecular weight is 324 g/mol. The van der Waals surface area contributed by atoms with Crippen LogP contribution in [-0.2, 0) is 5.41 Å². The Morgan fingerprint density at radius 1 is 0.917 bits per heavy atom. The highest BCUT2D eigenvalue weighted by atomic mass is 16.5. The van der Waals surface area contributed by atoms with Crippen LogP contribution >= 0.6 is 0 Å². The molecule has 2 atom stereocenters. The molecule has 0 amide bonds. The molecule has 1 aliphatic rings. The normalized spacial score (nSPS) is 26.1. The molecule has 0 saturated heterocycles. The van der Waals surface area contributed by atoms with E-state index in [9.17, 15) is 5.11 Å². The van der Waals surface area contributed by atoms with Crippen molar-refractivity contribution in [3.63, 3.8) is 0 Å². The van der Waals surface area contributed by atoms with Gasteiger partial charge in [-0.3, -0.25) is 0 Å². The van der Waals surface area contributed by atoms with Crippen LogP contribution in [0.15, 0.2) is 48.5 Å². The summed E-state index contributed by atoms with van der Waals surface area (Å²) in [4.78, 5) is 0. The number of methoxy groups -OCH3 is 1. The van der Waals surface area contributed by atoms with Crippen LogP contribution in [0.2, 0.25) is 0 Å². The predicted molar refractivity (Wildman–Crippen MR) is 98.7 cm³/mol. The van der Waals surface area contributed by atoms with E-state index in [0.717, 1.165) is 18.6 Å². The minimum atomic E-state index is -0.0128. The third-order valence-corrected chi connectivity index (χ3v) is 5.44. The minimum Gasteiger partial charge on any atom is -0.508 e. The van der Waals surface area contributed by atoms with E-state index in [1.54, 1.807) is 7.11 Å². The van der Waals surface area contributed by atoms with Gasteiger partial charge >= 0.3 is 0 Å². The quantitative estimate of drug-likeness (QED) is 0.804. The van der Waals surface area contributed by atoms with E-state index in [1.807, 2.05) is 12.1 Å². The average Bonchev–Trinajstić information content (AvgIpc) is 2.53. The Hall–Kier alpha value is -1.96. The number of phenolic OH excluding ortho intramolecular Hbond substituents is 1. The largest absolute Gasteiger partial charge is 0.508 e. The first-order chi connectivity index (χ1) is 11.3. The number of aromatic hydroxyl groups is 1. The van der Waals surface area contributed by atoms with Gasteiger partial charge in [-0.05, 0) is 66.0 Å². The van der Waals surface area contributed by atoms with Gasteiger partial charge in [-0.2, -0.15) is 0 Å². The number of hydrogen-bond donors (Lipinski definition) is 1. The summed E-state index contributed by atoms with van der Waals surface area (Å²) in [6.45, 7) is 7.11. The molecular weight excluding hydrogens is 296 g/mol. The zero-order chi connectivity index (χ0) is 17.4. The molecular formula is C22H28O2. The molecule has 2 aromatic rings. The smallest absolute Gasteiger partial charge is 0.118 e. The Balaban J connectivity index is 2.14. The van der Waals surface area contributed by atoms with Crippen molar-refractivity contribution in [2.45, 2.75) is 45.4 Å². The van der Waals surface area contributed by atoms with Gasteiger partial charge in [-0.25, -0.2) is 0 Å². The molecule has 0 aliphatic heterocycles. The van der Waals surface area contributed by atoms with Gasteiger partial charge in [0.05, 0.1) is 7.11 Å². The summed E-state index contributed by atoms with van der Waals surface area (Å²) in [5.74, 6) is 1.87. The standard InChI is InChI=1S/C22H28O2/c1-16-13-21(2,3)15-22(14-16,17-5-9-19(23)10-6-17)18-7-11-20(24-4)12-8-18/h5-12,16,23H,13-15H2,1-4H3. The maximum absolute atomic E-state index is 9.72. The second-order valence-corrected chi connectivity index (χ2v) is 8.21. The lowest BCUT2D eigenvalue weighted by molar-refractivity contribution is 0.127. The van der Waals surface area contributed by atoms with E-state index in [0.29, 0.717) is 11.7 Å². The van der Waals surface area contributed by atoms with Crippen LogP contribution in [0.25, 0.3) is 0 Å². The van der Waals surface area contributed by atoms with Gasteiger partial charge in [0, 0.05) is 5.41 Å². The molecule has 1 fully saturated rings. The highest BCUT2D eigenvalue weighted by Crippen LogP contribution is 2.53. The van der Waals surface area contributed by atoms with E-state index in [-0.39, 0.29) is 10.8 Å². The molecule has 1 saturated carbocycles. The molecule has 0 radical (unpaired) electrons. The van der Waals surface area contributed by atoms with Crippen LogP contribution in [-0.4, -0.2) is 12.2 Å².